The van der Waals surface area contributed by atoms with E-state index < -0.39 is 0 Å². The number of H-pyrrole nitrogens is 1. The van der Waals surface area contributed by atoms with Crippen molar-refractivity contribution >= 4 is 5.91 Å². The number of amides is 1. The van der Waals surface area contributed by atoms with Gasteiger partial charge in [-0.25, -0.2) is 0 Å². The van der Waals surface area contributed by atoms with Gasteiger partial charge in [0, 0.05) is 19.0 Å². The topological polar surface area (TPSA) is 66.1 Å². The largest absolute Gasteiger partial charge is 0.336 e. The van der Waals surface area contributed by atoms with Gasteiger partial charge < -0.3 is 9.88 Å². The molecular weight excluding hydrogens is 278 g/mol. The number of likely N-dealkylation sites (tertiary alicyclic amines) is 1. The van der Waals surface area contributed by atoms with E-state index in [2.05, 4.69) is 29.0 Å². The van der Waals surface area contributed by atoms with Crippen LogP contribution in [-0.2, 0) is 0 Å². The molecule has 1 saturated heterocycles. The van der Waals surface area contributed by atoms with Gasteiger partial charge in [0.1, 0.15) is 5.69 Å². The predicted octanol–water partition coefficient (Wildman–Crippen LogP) is 2.04. The highest BCUT2D eigenvalue weighted by Gasteiger charge is 2.35. The third-order valence-corrected chi connectivity index (χ3v) is 4.36. The lowest BCUT2D eigenvalue weighted by Crippen LogP contribution is -2.31. The number of carbonyl (C=O) groups is 1. The van der Waals surface area contributed by atoms with Gasteiger partial charge in [-0.1, -0.05) is 43.7 Å². The van der Waals surface area contributed by atoms with Crippen LogP contribution in [0.1, 0.15) is 35.3 Å². The maximum atomic E-state index is 12.6. The van der Waals surface area contributed by atoms with Gasteiger partial charge in [0.2, 0.25) is 0 Å². The number of nitrogens with one attached hydrogen (secondary N) is 1. The summed E-state index contributed by atoms with van der Waals surface area (Å²) in [6.07, 6.45) is 3.61. The summed E-state index contributed by atoms with van der Waals surface area (Å²) in [4.78, 5) is 32.1. The zero-order chi connectivity index (χ0) is 15.5. The molecule has 1 aliphatic heterocycles. The second-order valence-electron chi connectivity index (χ2n) is 5.71. The minimum Gasteiger partial charge on any atom is -0.336 e. The van der Waals surface area contributed by atoms with E-state index in [0.717, 1.165) is 6.42 Å². The molecule has 2 atom stereocenters. The number of hydrogen-bond donors (Lipinski definition) is 1. The molecule has 0 spiro atoms. The van der Waals surface area contributed by atoms with Gasteiger partial charge in [-0.3, -0.25) is 14.6 Å². The number of aromatic nitrogens is 2. The van der Waals surface area contributed by atoms with Crippen LogP contribution in [0.3, 0.4) is 0 Å². The second kappa shape index (κ2) is 6.13. The lowest BCUT2D eigenvalue weighted by atomic mass is 9.87. The van der Waals surface area contributed by atoms with Crippen LogP contribution in [0.2, 0.25) is 0 Å². The first kappa shape index (κ1) is 14.5. The lowest BCUT2D eigenvalue weighted by molar-refractivity contribution is 0.0779. The third kappa shape index (κ3) is 2.79. The third-order valence-electron chi connectivity index (χ3n) is 4.36. The molecule has 0 bridgehead atoms. The smallest absolute Gasteiger partial charge is 0.272 e. The van der Waals surface area contributed by atoms with Gasteiger partial charge in [-0.2, -0.15) is 0 Å². The summed E-state index contributed by atoms with van der Waals surface area (Å²) >= 11 is 0. The molecule has 0 radical (unpaired) electrons. The van der Waals surface area contributed by atoms with Crippen molar-refractivity contribution in [3.63, 3.8) is 0 Å². The van der Waals surface area contributed by atoms with E-state index in [1.807, 2.05) is 23.1 Å². The molecule has 22 heavy (non-hydrogen) atoms. The first-order valence-corrected chi connectivity index (χ1v) is 7.57. The molecule has 5 heteroatoms. The minimum atomic E-state index is -0.350. The van der Waals surface area contributed by atoms with Gasteiger partial charge >= 0.3 is 0 Å². The molecule has 2 heterocycles. The van der Waals surface area contributed by atoms with Gasteiger partial charge in [0.15, 0.2) is 0 Å². The van der Waals surface area contributed by atoms with E-state index >= 15 is 0 Å². The fourth-order valence-corrected chi connectivity index (χ4v) is 3.18. The van der Waals surface area contributed by atoms with E-state index in [1.54, 1.807) is 0 Å². The van der Waals surface area contributed by atoms with Crippen molar-refractivity contribution < 1.29 is 4.79 Å². The highest BCUT2D eigenvalue weighted by atomic mass is 16.2. The Morgan fingerprint density at radius 2 is 2.05 bits per heavy atom. The molecule has 1 amide bonds. The van der Waals surface area contributed by atoms with Crippen molar-refractivity contribution in [1.29, 1.82) is 0 Å². The standard InChI is InChI=1S/C17H19N3O2/c1-2-12-10-20(11-14(12)13-6-4-3-5-7-13)17(22)15-8-18-9-16(21)19-15/h3-9,12,14H,2,10-11H2,1H3,(H,19,21)/t12-,14+/m1/s1. The summed E-state index contributed by atoms with van der Waals surface area (Å²) in [5, 5.41) is 0. The van der Waals surface area contributed by atoms with E-state index in [4.69, 9.17) is 0 Å². The highest BCUT2D eigenvalue weighted by Crippen LogP contribution is 2.34. The lowest BCUT2D eigenvalue weighted by Gasteiger charge is -2.16. The average molecular weight is 297 g/mol. The fraction of sp³-hybridized carbons (Fsp3) is 0.353. The maximum absolute atomic E-state index is 12.6. The molecule has 0 saturated carbocycles. The van der Waals surface area contributed by atoms with Crippen molar-refractivity contribution in [1.82, 2.24) is 14.9 Å². The number of hydrogen-bond acceptors (Lipinski definition) is 3. The van der Waals surface area contributed by atoms with E-state index in [-0.39, 0.29) is 17.2 Å². The first-order chi connectivity index (χ1) is 10.7. The molecular formula is C17H19N3O2. The quantitative estimate of drug-likeness (QED) is 0.942. The van der Waals surface area contributed by atoms with Gasteiger partial charge in [-0.15, -0.1) is 0 Å². The molecule has 3 rings (SSSR count). The summed E-state index contributed by atoms with van der Waals surface area (Å²) < 4.78 is 0. The molecule has 0 unspecified atom stereocenters. The van der Waals surface area contributed by atoms with Crippen LogP contribution in [0.15, 0.2) is 47.5 Å². The first-order valence-electron chi connectivity index (χ1n) is 7.57. The number of aromatic amines is 1. The van der Waals surface area contributed by atoms with Gasteiger partial charge in [0.05, 0.1) is 12.4 Å². The van der Waals surface area contributed by atoms with Crippen molar-refractivity contribution in [3.8, 4) is 0 Å². The van der Waals surface area contributed by atoms with Crippen LogP contribution in [-0.4, -0.2) is 33.9 Å². The number of nitrogens with zero attached hydrogens (tertiary/aromatic N) is 2. The van der Waals surface area contributed by atoms with Crippen molar-refractivity contribution in [2.75, 3.05) is 13.1 Å². The molecule has 1 fully saturated rings. The van der Waals surface area contributed by atoms with E-state index in [1.165, 1.54) is 18.0 Å². The Labute approximate surface area is 129 Å². The van der Waals surface area contributed by atoms with Gasteiger partial charge in [0.25, 0.3) is 11.5 Å². The zero-order valence-corrected chi connectivity index (χ0v) is 12.5. The summed E-state index contributed by atoms with van der Waals surface area (Å²) in [5.41, 5.74) is 1.18. The number of rotatable bonds is 3. The van der Waals surface area contributed by atoms with Crippen LogP contribution in [0.25, 0.3) is 0 Å². The molecule has 1 N–H and O–H groups in total. The normalized spacial score (nSPS) is 21.0. The molecule has 114 valence electrons. The van der Waals surface area contributed by atoms with Crippen molar-refractivity contribution in [2.45, 2.75) is 19.3 Å². The Hall–Kier alpha value is -2.43. The van der Waals surface area contributed by atoms with E-state index in [9.17, 15) is 9.59 Å². The Kier molecular flexibility index (Phi) is 4.04. The fourth-order valence-electron chi connectivity index (χ4n) is 3.18. The summed E-state index contributed by atoms with van der Waals surface area (Å²) in [5.74, 6) is 0.635. The summed E-state index contributed by atoms with van der Waals surface area (Å²) in [6.45, 7) is 3.55. The second-order valence-corrected chi connectivity index (χ2v) is 5.71. The Morgan fingerprint density at radius 3 is 2.73 bits per heavy atom. The molecule has 0 aliphatic carbocycles. The summed E-state index contributed by atoms with van der Waals surface area (Å²) in [7, 11) is 0. The summed E-state index contributed by atoms with van der Waals surface area (Å²) in [6, 6.07) is 10.3. The number of benzene rings is 1. The Bertz CT molecular complexity index is 711. The van der Waals surface area contributed by atoms with Crippen LogP contribution in [0.5, 0.6) is 0 Å². The Balaban J connectivity index is 1.82. The zero-order valence-electron chi connectivity index (χ0n) is 12.5. The Morgan fingerprint density at radius 1 is 1.27 bits per heavy atom. The van der Waals surface area contributed by atoms with Crippen molar-refractivity contribution in [3.05, 3.63) is 64.3 Å². The molecule has 1 aliphatic rings. The molecule has 5 nitrogen and oxygen atoms in total. The highest BCUT2D eigenvalue weighted by molar-refractivity contribution is 5.92. The monoisotopic (exact) mass is 297 g/mol. The van der Waals surface area contributed by atoms with Crippen molar-refractivity contribution in [2.24, 2.45) is 5.92 Å². The van der Waals surface area contributed by atoms with Gasteiger partial charge in [-0.05, 0) is 11.5 Å². The maximum Gasteiger partial charge on any atom is 0.272 e. The van der Waals surface area contributed by atoms with Crippen LogP contribution >= 0.6 is 0 Å². The number of carbonyl (C=O) groups excluding carboxylic acids is 1. The van der Waals surface area contributed by atoms with E-state index in [0.29, 0.717) is 24.9 Å². The predicted molar refractivity (Wildman–Crippen MR) is 83.7 cm³/mol. The van der Waals surface area contributed by atoms with Crippen LogP contribution < -0.4 is 5.56 Å². The molecule has 1 aromatic heterocycles. The van der Waals surface area contributed by atoms with Crippen LogP contribution in [0, 0.1) is 5.92 Å². The average Bonchev–Trinajstić information content (AvgIpc) is 2.99. The SMILES string of the molecule is CC[C@@H]1CN(C(=O)c2cncc(=O)[nH]2)C[C@@H]1c1ccccc1. The minimum absolute atomic E-state index is 0.151. The molecule has 2 aromatic rings. The van der Waals surface area contributed by atoms with Crippen LogP contribution in [0.4, 0.5) is 0 Å². The molecule has 1 aromatic carbocycles.